The van der Waals surface area contributed by atoms with Gasteiger partial charge in [0.05, 0.1) is 16.9 Å². The van der Waals surface area contributed by atoms with Gasteiger partial charge in [0.25, 0.3) is 0 Å². The molecule has 1 N–H and O–H groups in total. The lowest BCUT2D eigenvalue weighted by Gasteiger charge is -2.41. The van der Waals surface area contributed by atoms with Crippen molar-refractivity contribution in [1.82, 2.24) is 4.31 Å². The third-order valence-corrected chi connectivity index (χ3v) is 9.69. The highest BCUT2D eigenvalue weighted by Crippen LogP contribution is 2.44. The molecule has 1 aliphatic heterocycles. The van der Waals surface area contributed by atoms with Crippen molar-refractivity contribution in [3.8, 4) is 0 Å². The predicted octanol–water partition coefficient (Wildman–Crippen LogP) is 6.30. The van der Waals surface area contributed by atoms with Crippen LogP contribution in [0.3, 0.4) is 0 Å². The summed E-state index contributed by atoms with van der Waals surface area (Å²) in [5.74, 6) is -1.91. The molecule has 1 saturated heterocycles. The van der Waals surface area contributed by atoms with E-state index in [0.717, 1.165) is 16.0 Å². The molecule has 3 atom stereocenters. The van der Waals surface area contributed by atoms with Gasteiger partial charge in [0, 0.05) is 26.7 Å². The van der Waals surface area contributed by atoms with Crippen LogP contribution in [0.4, 0.5) is 0 Å². The molecular formula is C25H23Cl2NO4S2. The topological polar surface area (TPSA) is 74.7 Å². The lowest BCUT2D eigenvalue weighted by Crippen LogP contribution is -2.49. The summed E-state index contributed by atoms with van der Waals surface area (Å²) in [5, 5.41) is 10.7. The van der Waals surface area contributed by atoms with Gasteiger partial charge >= 0.3 is 5.97 Å². The Morgan fingerprint density at radius 3 is 2.06 bits per heavy atom. The molecule has 0 aromatic heterocycles. The summed E-state index contributed by atoms with van der Waals surface area (Å²) in [4.78, 5) is 13.2. The zero-order valence-electron chi connectivity index (χ0n) is 18.3. The van der Waals surface area contributed by atoms with E-state index in [4.69, 9.17) is 23.2 Å². The average molecular weight is 537 g/mol. The fourth-order valence-electron chi connectivity index (χ4n) is 4.09. The summed E-state index contributed by atoms with van der Waals surface area (Å²) in [7, 11) is -3.97. The van der Waals surface area contributed by atoms with Gasteiger partial charge in [0.2, 0.25) is 10.0 Å². The number of thioether (sulfide) groups is 1. The first-order chi connectivity index (χ1) is 16.1. The number of aliphatic carboxylic acids is 1. The van der Waals surface area contributed by atoms with E-state index in [1.165, 1.54) is 40.3 Å². The molecule has 34 heavy (non-hydrogen) atoms. The monoisotopic (exact) mass is 535 g/mol. The Morgan fingerprint density at radius 2 is 1.50 bits per heavy atom. The lowest BCUT2D eigenvalue weighted by molar-refractivity contribution is -0.143. The second kappa shape index (κ2) is 10.3. The molecule has 0 saturated carbocycles. The summed E-state index contributed by atoms with van der Waals surface area (Å²) in [5.41, 5.74) is 1.89. The highest BCUT2D eigenvalue weighted by atomic mass is 35.5. The number of carboxylic acid groups (broad SMARTS) is 1. The molecule has 0 radical (unpaired) electrons. The number of benzene rings is 3. The van der Waals surface area contributed by atoms with E-state index >= 15 is 0 Å². The molecule has 0 amide bonds. The van der Waals surface area contributed by atoms with E-state index in [9.17, 15) is 18.3 Å². The van der Waals surface area contributed by atoms with Gasteiger partial charge in [-0.05, 0) is 67.4 Å². The van der Waals surface area contributed by atoms with Crippen molar-refractivity contribution >= 4 is 51.0 Å². The van der Waals surface area contributed by atoms with Crippen LogP contribution >= 0.6 is 35.0 Å². The van der Waals surface area contributed by atoms with Crippen molar-refractivity contribution in [1.29, 1.82) is 0 Å². The minimum absolute atomic E-state index is 0.0851. The molecular weight excluding hydrogens is 513 g/mol. The highest BCUT2D eigenvalue weighted by Gasteiger charge is 2.45. The smallest absolute Gasteiger partial charge is 0.308 e. The first-order valence-corrected chi connectivity index (χ1v) is 13.7. The van der Waals surface area contributed by atoms with E-state index in [-0.39, 0.29) is 16.7 Å². The molecule has 1 fully saturated rings. The van der Waals surface area contributed by atoms with E-state index in [1.807, 2.05) is 43.3 Å². The average Bonchev–Trinajstić information content (AvgIpc) is 2.81. The van der Waals surface area contributed by atoms with E-state index in [0.29, 0.717) is 16.5 Å². The van der Waals surface area contributed by atoms with Crippen LogP contribution in [-0.4, -0.2) is 35.6 Å². The first kappa shape index (κ1) is 25.1. The largest absolute Gasteiger partial charge is 0.481 e. The van der Waals surface area contributed by atoms with Gasteiger partial charge in [0.1, 0.15) is 0 Å². The van der Waals surface area contributed by atoms with Crippen LogP contribution in [0.15, 0.2) is 82.6 Å². The molecule has 4 rings (SSSR count). The second-order valence-corrected chi connectivity index (χ2v) is 12.3. The van der Waals surface area contributed by atoms with Crippen LogP contribution in [0.1, 0.15) is 23.6 Å². The second-order valence-electron chi connectivity index (χ2n) is 8.25. The van der Waals surface area contributed by atoms with Crippen LogP contribution in [-0.2, 0) is 14.8 Å². The SMILES string of the molecule is Cc1ccc([C@@H]2C[C@@H](Sc3ccc(Cl)cc3)[C@H](C(=O)O)CN2S(=O)(=O)c2ccc(Cl)cc2)cc1. The molecule has 9 heteroatoms. The standard InChI is InChI=1S/C25H23Cl2NO4S2/c1-16-2-4-17(5-3-16)23-14-24(33-20-10-6-18(26)7-11-20)22(25(29)30)15-28(23)34(31,32)21-12-8-19(27)9-13-21/h2-13,22-24H,14-15H2,1H3,(H,29,30)/t22-,23+,24-/m1/s1. The fourth-order valence-corrected chi connectivity index (χ4v) is 7.28. The molecule has 5 nitrogen and oxygen atoms in total. The van der Waals surface area contributed by atoms with Crippen molar-refractivity contribution in [2.75, 3.05) is 6.54 Å². The van der Waals surface area contributed by atoms with Gasteiger partial charge in [-0.1, -0.05) is 53.0 Å². The Hall–Kier alpha value is -2.03. The minimum atomic E-state index is -3.97. The lowest BCUT2D eigenvalue weighted by atomic mass is 9.90. The third-order valence-electron chi connectivity index (χ3n) is 5.93. The van der Waals surface area contributed by atoms with E-state index in [1.54, 1.807) is 12.1 Å². The Balaban J connectivity index is 1.75. The highest BCUT2D eigenvalue weighted by molar-refractivity contribution is 8.00. The Bertz CT molecular complexity index is 1260. The molecule has 0 bridgehead atoms. The van der Waals surface area contributed by atoms with Gasteiger partial charge in [-0.15, -0.1) is 11.8 Å². The van der Waals surface area contributed by atoms with Gasteiger partial charge in [-0.25, -0.2) is 8.42 Å². The van der Waals surface area contributed by atoms with Crippen LogP contribution in [0.25, 0.3) is 0 Å². The van der Waals surface area contributed by atoms with Crippen molar-refractivity contribution < 1.29 is 18.3 Å². The summed E-state index contributed by atoms with van der Waals surface area (Å²) in [6, 6.07) is 20.4. The summed E-state index contributed by atoms with van der Waals surface area (Å²) in [6.45, 7) is 1.83. The van der Waals surface area contributed by atoms with Crippen LogP contribution < -0.4 is 0 Å². The first-order valence-electron chi connectivity index (χ1n) is 10.6. The summed E-state index contributed by atoms with van der Waals surface area (Å²) in [6.07, 6.45) is 0.347. The minimum Gasteiger partial charge on any atom is -0.481 e. The molecule has 1 aliphatic rings. The Morgan fingerprint density at radius 1 is 0.941 bits per heavy atom. The molecule has 3 aromatic rings. The number of piperidine rings is 1. The van der Waals surface area contributed by atoms with Crippen LogP contribution in [0, 0.1) is 12.8 Å². The van der Waals surface area contributed by atoms with Crippen LogP contribution in [0.5, 0.6) is 0 Å². The molecule has 0 unspecified atom stereocenters. The maximum Gasteiger partial charge on any atom is 0.308 e. The van der Waals surface area contributed by atoms with Crippen molar-refractivity contribution in [3.63, 3.8) is 0 Å². The molecule has 0 aliphatic carbocycles. The summed E-state index contributed by atoms with van der Waals surface area (Å²) >= 11 is 13.4. The fraction of sp³-hybridized carbons (Fsp3) is 0.240. The number of hydrogen-bond donors (Lipinski definition) is 1. The summed E-state index contributed by atoms with van der Waals surface area (Å²) < 4.78 is 28.7. The van der Waals surface area contributed by atoms with Crippen molar-refractivity contribution in [3.05, 3.63) is 94.0 Å². The maximum atomic E-state index is 13.7. The molecule has 0 spiro atoms. The van der Waals surface area contributed by atoms with Gasteiger partial charge < -0.3 is 5.11 Å². The quantitative estimate of drug-likeness (QED) is 0.400. The Kier molecular flexibility index (Phi) is 7.60. The van der Waals surface area contributed by atoms with Crippen molar-refractivity contribution in [2.45, 2.75) is 34.4 Å². The normalized spacial score (nSPS) is 21.3. The van der Waals surface area contributed by atoms with Gasteiger partial charge in [-0.2, -0.15) is 4.31 Å². The van der Waals surface area contributed by atoms with E-state index < -0.39 is 28.0 Å². The number of rotatable bonds is 6. The zero-order valence-corrected chi connectivity index (χ0v) is 21.4. The van der Waals surface area contributed by atoms with E-state index in [2.05, 4.69) is 0 Å². The predicted molar refractivity (Wildman–Crippen MR) is 136 cm³/mol. The van der Waals surface area contributed by atoms with Crippen molar-refractivity contribution in [2.24, 2.45) is 5.92 Å². The Labute approximate surface area is 213 Å². The van der Waals surface area contributed by atoms with Crippen LogP contribution in [0.2, 0.25) is 10.0 Å². The van der Waals surface area contributed by atoms with Gasteiger partial charge in [0.15, 0.2) is 0 Å². The number of sulfonamides is 1. The number of nitrogens with zero attached hydrogens (tertiary/aromatic N) is 1. The number of carbonyl (C=O) groups is 1. The van der Waals surface area contributed by atoms with Gasteiger partial charge in [-0.3, -0.25) is 4.79 Å². The maximum absolute atomic E-state index is 13.7. The molecule has 3 aromatic carbocycles. The zero-order chi connectivity index (χ0) is 24.5. The number of hydrogen-bond acceptors (Lipinski definition) is 4. The molecule has 178 valence electrons. The third kappa shape index (κ3) is 5.44. The number of aryl methyl sites for hydroxylation is 1. The molecule has 1 heterocycles. The number of halogens is 2. The number of carboxylic acids is 1.